The van der Waals surface area contributed by atoms with Gasteiger partial charge in [0.15, 0.2) is 0 Å². The zero-order chi connectivity index (χ0) is 32.0. The van der Waals surface area contributed by atoms with Crippen molar-refractivity contribution < 1.29 is 14.3 Å². The van der Waals surface area contributed by atoms with E-state index in [2.05, 4.69) is 0 Å². The molecule has 0 fully saturated rings. The van der Waals surface area contributed by atoms with Crippen molar-refractivity contribution in [3.63, 3.8) is 0 Å². The van der Waals surface area contributed by atoms with Gasteiger partial charge in [-0.15, -0.1) is 0 Å². The summed E-state index contributed by atoms with van der Waals surface area (Å²) in [4.78, 5) is 36.0. The second-order valence-electron chi connectivity index (χ2n) is 11.4. The van der Waals surface area contributed by atoms with Crippen molar-refractivity contribution in [1.82, 2.24) is 14.8 Å². The fourth-order valence-electron chi connectivity index (χ4n) is 5.47. The number of rotatable bonds is 15. The molecule has 0 saturated heterocycles. The number of pyridine rings is 1. The first kappa shape index (κ1) is 32.2. The molecule has 1 heterocycles. The summed E-state index contributed by atoms with van der Waals surface area (Å²) in [5.74, 6) is 0.758. The molecule has 1 aromatic heterocycles. The second-order valence-corrected chi connectivity index (χ2v) is 11.4. The van der Waals surface area contributed by atoms with Crippen LogP contribution in [0.5, 0.6) is 5.75 Å². The van der Waals surface area contributed by atoms with Crippen molar-refractivity contribution in [1.29, 1.82) is 0 Å². The van der Waals surface area contributed by atoms with E-state index in [0.717, 1.165) is 33.6 Å². The van der Waals surface area contributed by atoms with Crippen LogP contribution in [0, 0.1) is 0 Å². The number of carbonyl (C=O) groups excluding carboxylic acids is 2. The summed E-state index contributed by atoms with van der Waals surface area (Å²) >= 11 is 0. The molecule has 0 saturated carbocycles. The van der Waals surface area contributed by atoms with Crippen molar-refractivity contribution in [2.75, 3.05) is 7.11 Å². The number of benzene rings is 4. The van der Waals surface area contributed by atoms with Gasteiger partial charge in [0.25, 0.3) is 0 Å². The van der Waals surface area contributed by atoms with E-state index in [-0.39, 0.29) is 11.8 Å². The number of methoxy groups -OCH3 is 1. The quantitative estimate of drug-likeness (QED) is 0.124. The maximum absolute atomic E-state index is 13.6. The minimum Gasteiger partial charge on any atom is -0.497 e. The molecule has 0 bridgehead atoms. The number of nitrogens with zero attached hydrogens (tertiary/aromatic N) is 3. The van der Waals surface area contributed by atoms with Gasteiger partial charge in [0.05, 0.1) is 31.6 Å². The van der Waals surface area contributed by atoms with Gasteiger partial charge in [-0.2, -0.15) is 0 Å². The summed E-state index contributed by atoms with van der Waals surface area (Å²) in [6.45, 7) is 1.60. The van der Waals surface area contributed by atoms with Crippen molar-refractivity contribution >= 4 is 11.8 Å². The highest BCUT2D eigenvalue weighted by atomic mass is 16.5. The molecule has 0 atom stereocenters. The first-order chi connectivity index (χ1) is 22.6. The lowest BCUT2D eigenvalue weighted by molar-refractivity contribution is -0.133. The van der Waals surface area contributed by atoms with E-state index < -0.39 is 0 Å². The Morgan fingerprint density at radius 1 is 0.522 bits per heavy atom. The van der Waals surface area contributed by atoms with Gasteiger partial charge in [-0.1, -0.05) is 121 Å². The minimum atomic E-state index is 0.0562. The van der Waals surface area contributed by atoms with Crippen LogP contribution in [0.15, 0.2) is 133 Å². The van der Waals surface area contributed by atoms with Crippen LogP contribution in [0.2, 0.25) is 0 Å². The van der Waals surface area contributed by atoms with E-state index in [0.29, 0.717) is 57.6 Å². The normalized spacial score (nSPS) is 10.7. The standard InChI is InChI=1S/C40H41N3O3/c1-46-38-26-36(30-42(28-34-18-10-4-11-19-34)39(44)24-22-32-14-6-2-7-15-32)41-37(27-38)31-43(29-35-20-12-5-13-21-35)40(45)25-23-33-16-8-3-9-17-33/h2-21,26-27H,22-25,28-31H2,1H3. The Balaban J connectivity index is 1.36. The van der Waals surface area contributed by atoms with E-state index in [9.17, 15) is 9.59 Å². The molecule has 0 spiro atoms. The molecular weight excluding hydrogens is 570 g/mol. The third kappa shape index (κ3) is 9.89. The molecule has 4 aromatic carbocycles. The maximum Gasteiger partial charge on any atom is 0.223 e. The monoisotopic (exact) mass is 611 g/mol. The predicted octanol–water partition coefficient (Wildman–Crippen LogP) is 7.41. The fraction of sp³-hybridized carbons (Fsp3) is 0.225. The van der Waals surface area contributed by atoms with E-state index in [1.807, 2.05) is 143 Å². The topological polar surface area (TPSA) is 62.7 Å². The summed E-state index contributed by atoms with van der Waals surface area (Å²) in [6, 6.07) is 43.9. The molecule has 0 aliphatic rings. The Hall–Kier alpha value is -5.23. The van der Waals surface area contributed by atoms with E-state index >= 15 is 0 Å². The SMILES string of the molecule is COc1cc(CN(Cc2ccccc2)C(=O)CCc2ccccc2)nc(CN(Cc2ccccc2)C(=O)CCc2ccccc2)c1. The minimum absolute atomic E-state index is 0.0562. The molecule has 5 rings (SSSR count). The average molecular weight is 612 g/mol. The van der Waals surface area contributed by atoms with E-state index in [1.165, 1.54) is 0 Å². The van der Waals surface area contributed by atoms with Gasteiger partial charge in [0.2, 0.25) is 11.8 Å². The molecule has 234 valence electrons. The van der Waals surface area contributed by atoms with Crippen molar-refractivity contribution in [2.24, 2.45) is 0 Å². The molecule has 0 aliphatic carbocycles. The highest BCUT2D eigenvalue weighted by Crippen LogP contribution is 2.20. The molecule has 0 N–H and O–H groups in total. The molecule has 0 aliphatic heterocycles. The first-order valence-corrected chi connectivity index (χ1v) is 15.8. The molecule has 0 radical (unpaired) electrons. The number of ether oxygens (including phenoxy) is 1. The van der Waals surface area contributed by atoms with Crippen LogP contribution in [0.4, 0.5) is 0 Å². The molecule has 46 heavy (non-hydrogen) atoms. The lowest BCUT2D eigenvalue weighted by atomic mass is 10.1. The molecular formula is C40H41N3O3. The Kier molecular flexibility index (Phi) is 11.7. The summed E-state index contributed by atoms with van der Waals surface area (Å²) in [5, 5.41) is 0. The van der Waals surface area contributed by atoms with Gasteiger partial charge >= 0.3 is 0 Å². The van der Waals surface area contributed by atoms with Crippen LogP contribution in [0.1, 0.15) is 46.5 Å². The number of aryl methyl sites for hydroxylation is 2. The Morgan fingerprint density at radius 2 is 0.870 bits per heavy atom. The van der Waals surface area contributed by atoms with E-state index in [1.54, 1.807) is 7.11 Å². The lowest BCUT2D eigenvalue weighted by Crippen LogP contribution is -2.32. The number of amides is 2. The van der Waals surface area contributed by atoms with Crippen LogP contribution < -0.4 is 4.74 Å². The summed E-state index contributed by atoms with van der Waals surface area (Å²) in [5.41, 5.74) is 5.80. The zero-order valence-electron chi connectivity index (χ0n) is 26.4. The third-order valence-corrected chi connectivity index (χ3v) is 7.93. The van der Waals surface area contributed by atoms with Gasteiger partial charge in [-0.25, -0.2) is 0 Å². The fourth-order valence-corrected chi connectivity index (χ4v) is 5.47. The van der Waals surface area contributed by atoms with E-state index in [4.69, 9.17) is 9.72 Å². The van der Waals surface area contributed by atoms with Crippen LogP contribution >= 0.6 is 0 Å². The Bertz CT molecular complexity index is 1540. The number of carbonyl (C=O) groups is 2. The van der Waals surface area contributed by atoms with Gasteiger partial charge in [0.1, 0.15) is 5.75 Å². The largest absolute Gasteiger partial charge is 0.497 e. The molecule has 2 amide bonds. The van der Waals surface area contributed by atoms with Crippen molar-refractivity contribution in [2.45, 2.75) is 51.9 Å². The highest BCUT2D eigenvalue weighted by Gasteiger charge is 2.19. The summed E-state index contributed by atoms with van der Waals surface area (Å²) < 4.78 is 5.68. The number of aromatic nitrogens is 1. The second kappa shape index (κ2) is 16.7. The average Bonchev–Trinajstić information content (AvgIpc) is 3.10. The van der Waals surface area contributed by atoms with Crippen molar-refractivity contribution in [3.05, 3.63) is 167 Å². The molecule has 6 heteroatoms. The van der Waals surface area contributed by atoms with Crippen LogP contribution in [-0.2, 0) is 48.6 Å². The molecule has 0 unspecified atom stereocenters. The van der Waals surface area contributed by atoms with Crippen molar-refractivity contribution in [3.8, 4) is 5.75 Å². The highest BCUT2D eigenvalue weighted by molar-refractivity contribution is 5.77. The van der Waals surface area contributed by atoms with Crippen LogP contribution in [0.25, 0.3) is 0 Å². The summed E-state index contributed by atoms with van der Waals surface area (Å²) in [6.07, 6.45) is 2.13. The Morgan fingerprint density at radius 3 is 1.22 bits per heavy atom. The van der Waals surface area contributed by atoms with Gasteiger partial charge in [-0.05, 0) is 35.1 Å². The summed E-state index contributed by atoms with van der Waals surface area (Å²) in [7, 11) is 1.63. The smallest absolute Gasteiger partial charge is 0.223 e. The zero-order valence-corrected chi connectivity index (χ0v) is 26.4. The molecule has 6 nitrogen and oxygen atoms in total. The molecule has 5 aromatic rings. The van der Waals surface area contributed by atoms with Gasteiger partial charge in [-0.3, -0.25) is 14.6 Å². The number of hydrogen-bond donors (Lipinski definition) is 0. The number of hydrogen-bond acceptors (Lipinski definition) is 4. The van der Waals surface area contributed by atoms with Crippen LogP contribution in [0.3, 0.4) is 0 Å². The predicted molar refractivity (Wildman–Crippen MR) is 182 cm³/mol. The van der Waals surface area contributed by atoms with Crippen LogP contribution in [-0.4, -0.2) is 33.7 Å². The lowest BCUT2D eigenvalue weighted by Gasteiger charge is -2.25. The maximum atomic E-state index is 13.6. The Labute approximate surface area is 272 Å². The van der Waals surface area contributed by atoms with Gasteiger partial charge in [0, 0.05) is 38.1 Å². The van der Waals surface area contributed by atoms with Gasteiger partial charge < -0.3 is 14.5 Å². The third-order valence-electron chi connectivity index (χ3n) is 7.93. The first-order valence-electron chi connectivity index (χ1n) is 15.8.